The van der Waals surface area contributed by atoms with Crippen LogP contribution in [-0.4, -0.2) is 30.9 Å². The van der Waals surface area contributed by atoms with Gasteiger partial charge in [-0.25, -0.2) is 28.2 Å². The Bertz CT molecular complexity index is 1150. The first-order chi connectivity index (χ1) is 12.8. The molecular weight excluding hydrogens is 388 g/mol. The van der Waals surface area contributed by atoms with Gasteiger partial charge in [0.25, 0.3) is 0 Å². The highest BCUT2D eigenvalue weighted by atomic mass is 32.2. The molecule has 1 amide bonds. The molecule has 1 aromatic heterocycles. The molecule has 0 fully saturated rings. The summed E-state index contributed by atoms with van der Waals surface area (Å²) in [5.41, 5.74) is 3.13. The van der Waals surface area contributed by atoms with Crippen LogP contribution in [0.25, 0.3) is 5.57 Å². The molecule has 0 saturated heterocycles. The first kappa shape index (κ1) is 17.5. The molecule has 0 unspecified atom stereocenters. The molecule has 0 radical (unpaired) electrons. The number of aliphatic imine (C=N–C) groups is 1. The summed E-state index contributed by atoms with van der Waals surface area (Å²) in [7, 11) is -3.78. The van der Waals surface area contributed by atoms with Crippen LogP contribution in [0.4, 0.5) is 15.5 Å². The zero-order valence-corrected chi connectivity index (χ0v) is 15.4. The lowest BCUT2D eigenvalue weighted by Crippen LogP contribution is -2.25. The van der Waals surface area contributed by atoms with Crippen LogP contribution in [0.1, 0.15) is 10.4 Å². The number of thiophene rings is 1. The minimum Gasteiger partial charge on any atom is -0.464 e. The average molecular weight is 402 g/mol. The van der Waals surface area contributed by atoms with E-state index in [2.05, 4.69) is 10.3 Å². The van der Waals surface area contributed by atoms with E-state index in [1.54, 1.807) is 18.3 Å². The number of primary sulfonamides is 1. The Labute approximate surface area is 159 Å². The van der Waals surface area contributed by atoms with Crippen LogP contribution in [-0.2, 0) is 16.4 Å². The van der Waals surface area contributed by atoms with Gasteiger partial charge in [-0.05, 0) is 36.2 Å². The number of nitrogens with two attached hydrogens (primary N) is 1. The number of hydrogen-bond donors (Lipinski definition) is 3. The van der Waals surface area contributed by atoms with Crippen LogP contribution < -0.4 is 10.5 Å². The second-order valence-corrected chi connectivity index (χ2v) is 8.55. The maximum atomic E-state index is 11.5. The maximum Gasteiger partial charge on any atom is 0.416 e. The van der Waals surface area contributed by atoms with E-state index >= 15 is 0 Å². The number of sulfonamides is 1. The second-order valence-electron chi connectivity index (χ2n) is 5.93. The Morgan fingerprint density at radius 1 is 1.33 bits per heavy atom. The minimum atomic E-state index is -3.78. The lowest BCUT2D eigenvalue weighted by Gasteiger charge is -2.21. The summed E-state index contributed by atoms with van der Waals surface area (Å²) in [6.45, 7) is 0. The van der Waals surface area contributed by atoms with Gasteiger partial charge < -0.3 is 10.4 Å². The van der Waals surface area contributed by atoms with Gasteiger partial charge in [0.1, 0.15) is 6.34 Å². The molecule has 2 aliphatic rings. The van der Waals surface area contributed by atoms with Gasteiger partial charge in [-0.15, -0.1) is 11.3 Å². The van der Waals surface area contributed by atoms with E-state index in [0.29, 0.717) is 12.1 Å². The smallest absolute Gasteiger partial charge is 0.416 e. The van der Waals surface area contributed by atoms with Crippen molar-refractivity contribution in [2.45, 2.75) is 11.3 Å². The summed E-state index contributed by atoms with van der Waals surface area (Å²) in [6.07, 6.45) is 4.34. The van der Waals surface area contributed by atoms with Gasteiger partial charge in [-0.1, -0.05) is 12.1 Å². The molecule has 0 saturated carbocycles. The number of hydrogen-bond acceptors (Lipinski definition) is 6. The fourth-order valence-electron chi connectivity index (χ4n) is 2.84. The van der Waals surface area contributed by atoms with Crippen LogP contribution in [0.3, 0.4) is 0 Å². The Balaban J connectivity index is 1.66. The Hall–Kier alpha value is -2.95. The van der Waals surface area contributed by atoms with E-state index in [4.69, 9.17) is 5.14 Å². The van der Waals surface area contributed by atoms with Gasteiger partial charge in [-0.2, -0.15) is 0 Å². The van der Waals surface area contributed by atoms with Crippen LogP contribution >= 0.6 is 11.3 Å². The van der Waals surface area contributed by atoms with Gasteiger partial charge in [-0.3, -0.25) is 0 Å². The average Bonchev–Trinajstić information content (AvgIpc) is 3.03. The van der Waals surface area contributed by atoms with Gasteiger partial charge in [0.05, 0.1) is 15.6 Å². The van der Waals surface area contributed by atoms with Crippen molar-refractivity contribution in [2.75, 3.05) is 5.32 Å². The monoisotopic (exact) mass is 402 g/mol. The quantitative estimate of drug-likeness (QED) is 0.728. The highest BCUT2D eigenvalue weighted by molar-refractivity contribution is 7.89. The molecule has 1 aliphatic carbocycles. The Kier molecular flexibility index (Phi) is 4.10. The molecule has 4 N–H and O–H groups in total. The van der Waals surface area contributed by atoms with Crippen molar-refractivity contribution in [3.05, 3.63) is 58.7 Å². The number of amides is 1. The predicted octanol–water partition coefficient (Wildman–Crippen LogP) is 2.94. The van der Waals surface area contributed by atoms with Crippen LogP contribution in [0, 0.1) is 0 Å². The summed E-state index contributed by atoms with van der Waals surface area (Å²) >= 11 is 1.45. The van der Waals surface area contributed by atoms with Crippen molar-refractivity contribution in [3.8, 4) is 0 Å². The molecule has 0 spiro atoms. The molecule has 8 nitrogen and oxygen atoms in total. The maximum absolute atomic E-state index is 11.5. The van der Waals surface area contributed by atoms with Crippen molar-refractivity contribution in [2.24, 2.45) is 10.1 Å². The molecule has 0 bridgehead atoms. The Morgan fingerprint density at radius 2 is 2.15 bits per heavy atom. The third-order valence-corrected chi connectivity index (χ3v) is 6.12. The minimum absolute atomic E-state index is 0.0270. The number of nitrogens with one attached hydrogen (secondary N) is 1. The van der Waals surface area contributed by atoms with E-state index in [0.717, 1.165) is 31.6 Å². The normalized spacial score (nSPS) is 15.5. The van der Waals surface area contributed by atoms with E-state index < -0.39 is 16.1 Å². The number of allylic oxidation sites excluding steroid dienone is 2. The van der Waals surface area contributed by atoms with Gasteiger partial charge in [0, 0.05) is 22.3 Å². The van der Waals surface area contributed by atoms with Crippen LogP contribution in [0.2, 0.25) is 0 Å². The Morgan fingerprint density at radius 3 is 2.89 bits per heavy atom. The topological polar surface area (TPSA) is 125 Å². The van der Waals surface area contributed by atoms with Gasteiger partial charge in [0.15, 0.2) is 0 Å². The number of carbonyl (C=O) groups is 1. The van der Waals surface area contributed by atoms with Crippen molar-refractivity contribution >= 4 is 50.1 Å². The molecule has 0 atom stereocenters. The van der Waals surface area contributed by atoms with Crippen LogP contribution in [0.15, 0.2) is 58.2 Å². The standard InChI is InChI=1S/C17H14N4O4S2/c18-27(24,25)12-3-1-2-11(7-12)20-15-6-10-4-5-14-13(16(10)26-15)8-21(9-19-14)17(22)23/h1-3,5-9,20H,4H2,(H,22,23)(H2,18,24,25). The van der Waals surface area contributed by atoms with Crippen molar-refractivity contribution in [3.63, 3.8) is 0 Å². The summed E-state index contributed by atoms with van der Waals surface area (Å²) in [6, 6.07) is 8.21. The van der Waals surface area contributed by atoms with Crippen molar-refractivity contribution in [1.82, 2.24) is 4.90 Å². The predicted molar refractivity (Wildman–Crippen MR) is 104 cm³/mol. The van der Waals surface area contributed by atoms with E-state index in [1.807, 2.05) is 12.1 Å². The number of carboxylic acid groups (broad SMARTS) is 1. The van der Waals surface area contributed by atoms with Crippen molar-refractivity contribution < 1.29 is 18.3 Å². The fraction of sp³-hybridized carbons (Fsp3) is 0.0588. The van der Waals surface area contributed by atoms with Gasteiger partial charge >= 0.3 is 6.09 Å². The first-order valence-electron chi connectivity index (χ1n) is 7.82. The number of nitrogens with zero attached hydrogens (tertiary/aromatic N) is 2. The third-order valence-electron chi connectivity index (χ3n) is 4.09. The van der Waals surface area contributed by atoms with E-state index in [9.17, 15) is 18.3 Å². The number of anilines is 2. The lowest BCUT2D eigenvalue weighted by molar-refractivity contribution is 0.180. The summed E-state index contributed by atoms with van der Waals surface area (Å²) in [5.74, 6) is 0. The molecule has 2 aromatic rings. The largest absolute Gasteiger partial charge is 0.464 e. The van der Waals surface area contributed by atoms with Crippen LogP contribution in [0.5, 0.6) is 0 Å². The SMILES string of the molecule is NS(=O)(=O)c1cccc(Nc2cc3c(s2)C2=CN(C(=O)O)C=NC2=CC3)c1. The van der Waals surface area contributed by atoms with E-state index in [-0.39, 0.29) is 4.90 Å². The molecule has 1 aromatic carbocycles. The molecule has 138 valence electrons. The highest BCUT2D eigenvalue weighted by Crippen LogP contribution is 2.42. The zero-order valence-electron chi connectivity index (χ0n) is 13.8. The molecule has 10 heteroatoms. The van der Waals surface area contributed by atoms with E-state index in [1.165, 1.54) is 29.8 Å². The molecule has 4 rings (SSSR count). The summed E-state index contributed by atoms with van der Waals surface area (Å²) in [4.78, 5) is 17.4. The highest BCUT2D eigenvalue weighted by Gasteiger charge is 2.24. The second kappa shape index (κ2) is 6.34. The molecular formula is C17H14N4O4S2. The number of benzene rings is 1. The number of fused-ring (bicyclic) bond motifs is 3. The third kappa shape index (κ3) is 3.37. The number of rotatable bonds is 3. The molecule has 27 heavy (non-hydrogen) atoms. The first-order valence-corrected chi connectivity index (χ1v) is 10.2. The summed E-state index contributed by atoms with van der Waals surface area (Å²) < 4.78 is 23.0. The zero-order chi connectivity index (χ0) is 19.2. The molecule has 2 heterocycles. The lowest BCUT2D eigenvalue weighted by atomic mass is 9.98. The fourth-order valence-corrected chi connectivity index (χ4v) is 4.53. The van der Waals surface area contributed by atoms with Gasteiger partial charge in [0.2, 0.25) is 10.0 Å². The molecule has 1 aliphatic heterocycles. The van der Waals surface area contributed by atoms with Crippen molar-refractivity contribution in [1.29, 1.82) is 0 Å². The summed E-state index contributed by atoms with van der Waals surface area (Å²) in [5, 5.41) is 18.3.